The van der Waals surface area contributed by atoms with Crippen LogP contribution in [0.1, 0.15) is 58.8 Å². The number of piperidine rings is 1. The summed E-state index contributed by atoms with van der Waals surface area (Å²) < 4.78 is 6.04. The van der Waals surface area contributed by atoms with Crippen LogP contribution in [0, 0.1) is 5.92 Å². The number of rotatable bonds is 4. The molecule has 2 N–H and O–H groups in total. The molecule has 1 amide bonds. The predicted octanol–water partition coefficient (Wildman–Crippen LogP) is 2.31. The Hall–Kier alpha value is -0.610. The van der Waals surface area contributed by atoms with Crippen LogP contribution in [0.4, 0.5) is 0 Å². The van der Waals surface area contributed by atoms with Crippen LogP contribution in [0.2, 0.25) is 0 Å². The first-order valence-corrected chi connectivity index (χ1v) is 8.27. The Morgan fingerprint density at radius 2 is 2.10 bits per heavy atom. The molecule has 1 saturated carbocycles. The van der Waals surface area contributed by atoms with E-state index in [0.717, 1.165) is 38.1 Å². The molecule has 116 valence electrons. The summed E-state index contributed by atoms with van der Waals surface area (Å²) in [5.41, 5.74) is 5.80. The van der Waals surface area contributed by atoms with Gasteiger partial charge in [-0.15, -0.1) is 0 Å². The van der Waals surface area contributed by atoms with E-state index in [0.29, 0.717) is 6.54 Å². The lowest BCUT2D eigenvalue weighted by molar-refractivity contribution is -0.151. The van der Waals surface area contributed by atoms with Crippen molar-refractivity contribution >= 4 is 5.91 Å². The van der Waals surface area contributed by atoms with Crippen LogP contribution in [-0.2, 0) is 9.53 Å². The lowest BCUT2D eigenvalue weighted by Gasteiger charge is -2.37. The van der Waals surface area contributed by atoms with Crippen LogP contribution in [0.5, 0.6) is 0 Å². The third-order valence-corrected chi connectivity index (χ3v) is 4.81. The van der Waals surface area contributed by atoms with Crippen LogP contribution < -0.4 is 5.73 Å². The molecule has 4 nitrogen and oxygen atoms in total. The summed E-state index contributed by atoms with van der Waals surface area (Å²) in [5, 5.41) is 0. The second-order valence-electron chi connectivity index (χ2n) is 6.59. The van der Waals surface area contributed by atoms with Crippen molar-refractivity contribution in [2.24, 2.45) is 11.7 Å². The minimum atomic E-state index is -0.322. The molecule has 0 aromatic heterocycles. The number of nitrogens with two attached hydrogens (primary N) is 1. The molecule has 1 saturated heterocycles. The average molecular weight is 282 g/mol. The van der Waals surface area contributed by atoms with E-state index in [9.17, 15) is 4.79 Å². The maximum Gasteiger partial charge on any atom is 0.251 e. The molecule has 1 aliphatic carbocycles. The van der Waals surface area contributed by atoms with Crippen molar-refractivity contribution in [1.29, 1.82) is 0 Å². The van der Waals surface area contributed by atoms with Gasteiger partial charge in [0.05, 0.1) is 6.10 Å². The van der Waals surface area contributed by atoms with E-state index in [-0.39, 0.29) is 24.2 Å². The van der Waals surface area contributed by atoms with Gasteiger partial charge in [0.1, 0.15) is 6.10 Å². The molecule has 0 spiro atoms. The number of carbonyl (C=O) groups is 1. The number of carbonyl (C=O) groups excluding carboxylic acids is 1. The molecule has 0 aromatic carbocycles. The fourth-order valence-corrected chi connectivity index (χ4v) is 3.62. The maximum atomic E-state index is 12.6. The van der Waals surface area contributed by atoms with Gasteiger partial charge >= 0.3 is 0 Å². The molecule has 20 heavy (non-hydrogen) atoms. The molecule has 1 heterocycles. The first kappa shape index (κ1) is 15.8. The van der Waals surface area contributed by atoms with Gasteiger partial charge in [-0.05, 0) is 44.9 Å². The van der Waals surface area contributed by atoms with Crippen molar-refractivity contribution in [3.05, 3.63) is 0 Å². The first-order chi connectivity index (χ1) is 9.61. The normalized spacial score (nSPS) is 33.0. The van der Waals surface area contributed by atoms with Crippen LogP contribution in [0.25, 0.3) is 0 Å². The Kier molecular flexibility index (Phi) is 5.85. The van der Waals surface area contributed by atoms with Crippen LogP contribution in [0.15, 0.2) is 0 Å². The van der Waals surface area contributed by atoms with Crippen LogP contribution in [0.3, 0.4) is 0 Å². The highest BCUT2D eigenvalue weighted by molar-refractivity contribution is 5.81. The monoisotopic (exact) mass is 282 g/mol. The molecule has 0 aromatic rings. The molecule has 2 rings (SSSR count). The van der Waals surface area contributed by atoms with Gasteiger partial charge in [-0.25, -0.2) is 0 Å². The maximum absolute atomic E-state index is 12.6. The summed E-state index contributed by atoms with van der Waals surface area (Å²) in [4.78, 5) is 14.5. The molecule has 1 aliphatic heterocycles. The second kappa shape index (κ2) is 7.41. The minimum Gasteiger partial charge on any atom is -0.365 e. The predicted molar refractivity (Wildman–Crippen MR) is 80.4 cm³/mol. The van der Waals surface area contributed by atoms with E-state index in [1.165, 1.54) is 19.3 Å². The number of ether oxygens (including phenoxy) is 1. The fraction of sp³-hybridized carbons (Fsp3) is 0.938. The molecule has 2 fully saturated rings. The minimum absolute atomic E-state index is 0.137. The highest BCUT2D eigenvalue weighted by Gasteiger charge is 2.31. The number of nitrogens with zero attached hydrogens (tertiary/aromatic N) is 1. The topological polar surface area (TPSA) is 55.6 Å². The number of likely N-dealkylation sites (tertiary alicyclic amines) is 1. The highest BCUT2D eigenvalue weighted by Crippen LogP contribution is 2.27. The van der Waals surface area contributed by atoms with Crippen molar-refractivity contribution in [3.8, 4) is 0 Å². The summed E-state index contributed by atoms with van der Waals surface area (Å²) in [7, 11) is 0. The zero-order valence-electron chi connectivity index (χ0n) is 13.0. The lowest BCUT2D eigenvalue weighted by Crippen LogP contribution is -2.51. The smallest absolute Gasteiger partial charge is 0.251 e. The second-order valence-corrected chi connectivity index (χ2v) is 6.59. The largest absolute Gasteiger partial charge is 0.365 e. The van der Waals surface area contributed by atoms with Gasteiger partial charge in [-0.3, -0.25) is 4.79 Å². The van der Waals surface area contributed by atoms with Gasteiger partial charge in [0.15, 0.2) is 0 Å². The molecule has 4 atom stereocenters. The third kappa shape index (κ3) is 3.95. The van der Waals surface area contributed by atoms with Gasteiger partial charge in [0.2, 0.25) is 0 Å². The Balaban J connectivity index is 1.87. The molecule has 0 unspecified atom stereocenters. The first-order valence-electron chi connectivity index (χ1n) is 8.27. The summed E-state index contributed by atoms with van der Waals surface area (Å²) in [5.74, 6) is 0.862. The zero-order chi connectivity index (χ0) is 14.5. The van der Waals surface area contributed by atoms with E-state index >= 15 is 0 Å². The highest BCUT2D eigenvalue weighted by atomic mass is 16.5. The Labute approximate surface area is 123 Å². The lowest BCUT2D eigenvalue weighted by atomic mass is 9.88. The fourth-order valence-electron chi connectivity index (χ4n) is 3.62. The quantitative estimate of drug-likeness (QED) is 0.861. The van der Waals surface area contributed by atoms with Crippen LogP contribution >= 0.6 is 0 Å². The van der Waals surface area contributed by atoms with Gasteiger partial charge in [0.25, 0.3) is 5.91 Å². The number of hydrogen-bond acceptors (Lipinski definition) is 3. The summed E-state index contributed by atoms with van der Waals surface area (Å²) >= 11 is 0. The van der Waals surface area contributed by atoms with Crippen LogP contribution in [-0.4, -0.2) is 42.1 Å². The van der Waals surface area contributed by atoms with E-state index in [4.69, 9.17) is 10.5 Å². The number of hydrogen-bond donors (Lipinski definition) is 1. The Morgan fingerprint density at radius 1 is 1.30 bits per heavy atom. The SMILES string of the molecule is C[C@@H]1CCC[C@H](O[C@@H](C)C(=O)N2CCCC[C@@H]2CN)C1. The molecular formula is C16H30N2O2. The van der Waals surface area contributed by atoms with E-state index < -0.39 is 0 Å². The summed E-state index contributed by atoms with van der Waals surface area (Å²) in [6, 6.07) is 0.215. The standard InChI is InChI=1S/C16H30N2O2/c1-12-6-5-8-15(10-12)20-13(2)16(19)18-9-4-3-7-14(18)11-17/h12-15H,3-11,17H2,1-2H3/t12-,13+,14-,15+/m1/s1. The van der Waals surface area contributed by atoms with Gasteiger partial charge in [-0.1, -0.05) is 19.8 Å². The zero-order valence-corrected chi connectivity index (χ0v) is 13.0. The Morgan fingerprint density at radius 3 is 2.80 bits per heavy atom. The molecular weight excluding hydrogens is 252 g/mol. The van der Waals surface area contributed by atoms with Crippen molar-refractivity contribution in [1.82, 2.24) is 4.90 Å². The van der Waals surface area contributed by atoms with Crippen molar-refractivity contribution in [2.75, 3.05) is 13.1 Å². The van der Waals surface area contributed by atoms with E-state index in [2.05, 4.69) is 6.92 Å². The van der Waals surface area contributed by atoms with E-state index in [1.54, 1.807) is 0 Å². The van der Waals surface area contributed by atoms with Gasteiger partial charge in [0, 0.05) is 19.1 Å². The van der Waals surface area contributed by atoms with Crippen molar-refractivity contribution in [3.63, 3.8) is 0 Å². The third-order valence-electron chi connectivity index (χ3n) is 4.81. The van der Waals surface area contributed by atoms with Gasteiger partial charge in [-0.2, -0.15) is 0 Å². The van der Waals surface area contributed by atoms with E-state index in [1.807, 2.05) is 11.8 Å². The molecule has 4 heteroatoms. The molecule has 2 aliphatic rings. The summed E-state index contributed by atoms with van der Waals surface area (Å²) in [6.45, 7) is 5.59. The van der Waals surface area contributed by atoms with Crippen molar-refractivity contribution < 1.29 is 9.53 Å². The number of amides is 1. The average Bonchev–Trinajstić information content (AvgIpc) is 2.46. The molecule has 0 bridgehead atoms. The van der Waals surface area contributed by atoms with Gasteiger partial charge < -0.3 is 15.4 Å². The Bertz CT molecular complexity index is 322. The summed E-state index contributed by atoms with van der Waals surface area (Å²) in [6.07, 6.45) is 7.97. The van der Waals surface area contributed by atoms with Crippen molar-refractivity contribution in [2.45, 2.75) is 77.0 Å². The molecule has 0 radical (unpaired) electrons.